The first kappa shape index (κ1) is 15.3. The molecule has 0 aromatic heterocycles. The van der Waals surface area contributed by atoms with Crippen LogP contribution in [0.4, 0.5) is 0 Å². The van der Waals surface area contributed by atoms with Crippen molar-refractivity contribution in [1.82, 2.24) is 5.32 Å². The number of guanidine groups is 1. The fourth-order valence-corrected chi connectivity index (χ4v) is 1.76. The van der Waals surface area contributed by atoms with E-state index in [1.165, 1.54) is 0 Å². The van der Waals surface area contributed by atoms with E-state index < -0.39 is 0 Å². The van der Waals surface area contributed by atoms with Gasteiger partial charge in [0.15, 0.2) is 5.96 Å². The van der Waals surface area contributed by atoms with Gasteiger partial charge in [-0.3, -0.25) is 0 Å². The van der Waals surface area contributed by atoms with Gasteiger partial charge in [-0.2, -0.15) is 0 Å². The van der Waals surface area contributed by atoms with Crippen LogP contribution >= 0.6 is 0 Å². The van der Waals surface area contributed by atoms with E-state index >= 15 is 0 Å². The predicted octanol–water partition coefficient (Wildman–Crippen LogP) is 1.23. The topological polar surface area (TPSA) is 85.7 Å². The summed E-state index contributed by atoms with van der Waals surface area (Å²) >= 11 is 0. The van der Waals surface area contributed by atoms with Crippen molar-refractivity contribution in [2.75, 3.05) is 13.7 Å². The molecule has 5 nitrogen and oxygen atoms in total. The fourth-order valence-electron chi connectivity index (χ4n) is 1.76. The van der Waals surface area contributed by atoms with E-state index in [-0.39, 0.29) is 6.04 Å². The highest BCUT2D eigenvalue weighted by Gasteiger charge is 2.05. The highest BCUT2D eigenvalue weighted by Crippen LogP contribution is 2.11. The van der Waals surface area contributed by atoms with Crippen LogP contribution in [0.15, 0.2) is 29.3 Å². The normalized spacial score (nSPS) is 13.1. The largest absolute Gasteiger partial charge is 0.497 e. The van der Waals surface area contributed by atoms with Crippen molar-refractivity contribution in [3.05, 3.63) is 29.8 Å². The molecular formula is C14H24N4O. The Morgan fingerprint density at radius 2 is 2.05 bits per heavy atom. The van der Waals surface area contributed by atoms with E-state index in [4.69, 9.17) is 16.2 Å². The Balaban J connectivity index is 2.49. The van der Waals surface area contributed by atoms with Crippen molar-refractivity contribution in [3.63, 3.8) is 0 Å². The first-order valence-electron chi connectivity index (χ1n) is 6.59. The first-order valence-corrected chi connectivity index (χ1v) is 6.59. The summed E-state index contributed by atoms with van der Waals surface area (Å²) in [7, 11) is 1.65. The van der Waals surface area contributed by atoms with Gasteiger partial charge in [0, 0.05) is 12.6 Å². The minimum Gasteiger partial charge on any atom is -0.497 e. The van der Waals surface area contributed by atoms with Crippen molar-refractivity contribution in [3.8, 4) is 5.75 Å². The van der Waals surface area contributed by atoms with Crippen molar-refractivity contribution >= 4 is 5.96 Å². The molecule has 1 aromatic rings. The Hall–Kier alpha value is -1.75. The average molecular weight is 264 g/mol. The molecule has 106 valence electrons. The molecule has 1 rings (SSSR count). The van der Waals surface area contributed by atoms with Crippen LogP contribution < -0.4 is 21.5 Å². The van der Waals surface area contributed by atoms with Crippen LogP contribution in [0.25, 0.3) is 0 Å². The number of hydrogen-bond donors (Lipinski definition) is 3. The van der Waals surface area contributed by atoms with Crippen LogP contribution in [0, 0.1) is 0 Å². The zero-order valence-corrected chi connectivity index (χ0v) is 11.7. The molecule has 0 saturated carbocycles. The van der Waals surface area contributed by atoms with Gasteiger partial charge < -0.3 is 21.5 Å². The van der Waals surface area contributed by atoms with Crippen LogP contribution in [-0.2, 0) is 6.54 Å². The number of methoxy groups -OCH3 is 1. The van der Waals surface area contributed by atoms with Gasteiger partial charge >= 0.3 is 0 Å². The second-order valence-corrected chi connectivity index (χ2v) is 4.42. The highest BCUT2D eigenvalue weighted by atomic mass is 16.5. The average Bonchev–Trinajstić information content (AvgIpc) is 2.45. The van der Waals surface area contributed by atoms with Crippen LogP contribution in [-0.4, -0.2) is 25.7 Å². The minimum absolute atomic E-state index is 0.199. The van der Waals surface area contributed by atoms with Gasteiger partial charge in [0.2, 0.25) is 0 Å². The zero-order valence-electron chi connectivity index (χ0n) is 11.7. The molecule has 1 atom stereocenters. The number of benzene rings is 1. The maximum absolute atomic E-state index is 5.84. The molecule has 0 bridgehead atoms. The molecule has 0 amide bonds. The summed E-state index contributed by atoms with van der Waals surface area (Å²) in [5, 5.41) is 3.14. The van der Waals surface area contributed by atoms with Crippen LogP contribution in [0.5, 0.6) is 5.75 Å². The molecule has 0 aliphatic heterocycles. The molecule has 5 N–H and O–H groups in total. The molecule has 0 spiro atoms. The van der Waals surface area contributed by atoms with E-state index in [1.54, 1.807) is 7.11 Å². The first-order chi connectivity index (χ1) is 9.19. The lowest BCUT2D eigenvalue weighted by Crippen LogP contribution is -2.44. The quantitative estimate of drug-likeness (QED) is 0.510. The van der Waals surface area contributed by atoms with E-state index in [1.807, 2.05) is 24.3 Å². The number of rotatable bonds is 7. The Labute approximate surface area is 115 Å². The van der Waals surface area contributed by atoms with Gasteiger partial charge in [0.1, 0.15) is 5.75 Å². The Morgan fingerprint density at radius 3 is 2.58 bits per heavy atom. The van der Waals surface area contributed by atoms with Crippen LogP contribution in [0.3, 0.4) is 0 Å². The molecule has 19 heavy (non-hydrogen) atoms. The van der Waals surface area contributed by atoms with Gasteiger partial charge in [-0.05, 0) is 24.1 Å². The zero-order chi connectivity index (χ0) is 14.1. The van der Waals surface area contributed by atoms with E-state index in [9.17, 15) is 0 Å². The lowest BCUT2D eigenvalue weighted by atomic mass is 10.2. The minimum atomic E-state index is 0.199. The summed E-state index contributed by atoms with van der Waals surface area (Å²) in [6.07, 6.45) is 2.07. The smallest absolute Gasteiger partial charge is 0.189 e. The monoisotopic (exact) mass is 264 g/mol. The molecule has 0 unspecified atom stereocenters. The molecular weight excluding hydrogens is 240 g/mol. The number of ether oxygens (including phenoxy) is 1. The molecule has 0 heterocycles. The Bertz CT molecular complexity index is 389. The van der Waals surface area contributed by atoms with E-state index in [0.29, 0.717) is 19.0 Å². The molecule has 0 saturated heterocycles. The third-order valence-corrected chi connectivity index (χ3v) is 2.86. The van der Waals surface area contributed by atoms with E-state index in [2.05, 4.69) is 17.2 Å². The van der Waals surface area contributed by atoms with Crippen molar-refractivity contribution in [2.24, 2.45) is 16.5 Å². The molecule has 0 aliphatic rings. The maximum Gasteiger partial charge on any atom is 0.189 e. The van der Waals surface area contributed by atoms with Gasteiger partial charge in [-0.15, -0.1) is 0 Å². The van der Waals surface area contributed by atoms with Crippen LogP contribution in [0.1, 0.15) is 25.3 Å². The summed E-state index contributed by atoms with van der Waals surface area (Å²) in [6, 6.07) is 7.97. The number of aliphatic imine (C=N–C) groups is 1. The summed E-state index contributed by atoms with van der Waals surface area (Å²) < 4.78 is 5.10. The van der Waals surface area contributed by atoms with Crippen molar-refractivity contribution < 1.29 is 4.74 Å². The maximum atomic E-state index is 5.84. The standard InChI is InChI=1S/C14H24N4O/c1-3-4-12(9-15)18-14(16)17-10-11-5-7-13(19-2)8-6-11/h5-8,12H,3-4,9-10,15H2,1-2H3,(H3,16,17,18)/t12-/m1/s1. The number of nitrogens with one attached hydrogen (secondary N) is 1. The summed E-state index contributed by atoms with van der Waals surface area (Å²) in [5.41, 5.74) is 12.6. The molecule has 0 radical (unpaired) electrons. The summed E-state index contributed by atoms with van der Waals surface area (Å²) in [5.74, 6) is 1.28. The number of nitrogens with zero attached hydrogens (tertiary/aromatic N) is 1. The third-order valence-electron chi connectivity index (χ3n) is 2.86. The summed E-state index contributed by atoms with van der Waals surface area (Å²) in [6.45, 7) is 3.23. The predicted molar refractivity (Wildman–Crippen MR) is 79.2 cm³/mol. The molecule has 0 fully saturated rings. The lowest BCUT2D eigenvalue weighted by Gasteiger charge is -2.16. The van der Waals surface area contributed by atoms with Gasteiger partial charge in [0.05, 0.1) is 13.7 Å². The van der Waals surface area contributed by atoms with Gasteiger partial charge in [-0.1, -0.05) is 25.5 Å². The van der Waals surface area contributed by atoms with Gasteiger partial charge in [-0.25, -0.2) is 4.99 Å². The highest BCUT2D eigenvalue weighted by molar-refractivity contribution is 5.78. The van der Waals surface area contributed by atoms with Crippen molar-refractivity contribution in [1.29, 1.82) is 0 Å². The molecule has 5 heteroatoms. The third kappa shape index (κ3) is 5.61. The second-order valence-electron chi connectivity index (χ2n) is 4.42. The Morgan fingerprint density at radius 1 is 1.37 bits per heavy atom. The van der Waals surface area contributed by atoms with Gasteiger partial charge in [0.25, 0.3) is 0 Å². The van der Waals surface area contributed by atoms with Crippen LogP contribution in [0.2, 0.25) is 0 Å². The SMILES string of the molecule is CCC[C@H](CN)NC(N)=NCc1ccc(OC)cc1. The lowest BCUT2D eigenvalue weighted by molar-refractivity contribution is 0.414. The Kier molecular flexibility index (Phi) is 6.74. The van der Waals surface area contributed by atoms with Crippen molar-refractivity contribution in [2.45, 2.75) is 32.4 Å². The molecule has 0 aliphatic carbocycles. The summed E-state index contributed by atoms with van der Waals surface area (Å²) in [4.78, 5) is 4.31. The molecule has 1 aromatic carbocycles. The van der Waals surface area contributed by atoms with E-state index in [0.717, 1.165) is 24.2 Å². The fraction of sp³-hybridized carbons (Fsp3) is 0.500. The number of hydrogen-bond acceptors (Lipinski definition) is 3. The number of nitrogens with two attached hydrogens (primary N) is 2. The second kappa shape index (κ2) is 8.37.